The van der Waals surface area contributed by atoms with Gasteiger partial charge in [0.2, 0.25) is 0 Å². The molecule has 1 N–H and O–H groups in total. The third-order valence-corrected chi connectivity index (χ3v) is 3.33. The van der Waals surface area contributed by atoms with E-state index in [-0.39, 0.29) is 17.9 Å². The first-order valence-corrected chi connectivity index (χ1v) is 8.01. The van der Waals surface area contributed by atoms with Crippen LogP contribution in [-0.4, -0.2) is 24.0 Å². The van der Waals surface area contributed by atoms with Crippen LogP contribution in [0.2, 0.25) is 0 Å². The van der Waals surface area contributed by atoms with Gasteiger partial charge < -0.3 is 14.8 Å². The lowest BCUT2D eigenvalue weighted by Gasteiger charge is -2.26. The molecule has 3 unspecified atom stereocenters. The fourth-order valence-corrected chi connectivity index (χ4v) is 2.13. The van der Waals surface area contributed by atoms with Crippen LogP contribution in [0, 0.1) is 11.8 Å². The van der Waals surface area contributed by atoms with Gasteiger partial charge in [0.25, 0.3) is 0 Å². The molecule has 0 aliphatic rings. The maximum atomic E-state index is 12.0. The first-order valence-electron chi connectivity index (χ1n) is 8.01. The first kappa shape index (κ1) is 21.2. The van der Waals surface area contributed by atoms with Gasteiger partial charge in [-0.3, -0.25) is 0 Å². The second-order valence-electron chi connectivity index (χ2n) is 7.00. The van der Waals surface area contributed by atoms with Gasteiger partial charge in [-0.2, -0.15) is 0 Å². The van der Waals surface area contributed by atoms with Crippen molar-refractivity contribution >= 4 is 12.4 Å². The van der Waals surface area contributed by atoms with Gasteiger partial charge in [0, 0.05) is 12.0 Å². The highest BCUT2D eigenvalue weighted by atomic mass is 16.6. The molecule has 130 valence electrons. The number of allylic oxidation sites excluding steroid dienone is 4. The van der Waals surface area contributed by atoms with Crippen LogP contribution in [-0.2, 0) is 9.53 Å². The van der Waals surface area contributed by atoms with Gasteiger partial charge in [0.15, 0.2) is 0 Å². The van der Waals surface area contributed by atoms with Crippen LogP contribution in [0.4, 0.5) is 4.79 Å². The third kappa shape index (κ3) is 10.5. The van der Waals surface area contributed by atoms with E-state index in [9.17, 15) is 9.59 Å². The second kappa shape index (κ2) is 10.0. The lowest BCUT2D eigenvalue weighted by atomic mass is 9.90. The molecular formula is C19H31NO3. The van der Waals surface area contributed by atoms with Crippen molar-refractivity contribution < 1.29 is 14.3 Å². The number of hydrogen-bond acceptors (Lipinski definition) is 3. The van der Waals surface area contributed by atoms with E-state index in [0.29, 0.717) is 12.8 Å². The van der Waals surface area contributed by atoms with Crippen molar-refractivity contribution in [1.29, 1.82) is 0 Å². The molecule has 3 atom stereocenters. The molecule has 4 heteroatoms. The van der Waals surface area contributed by atoms with Crippen molar-refractivity contribution in [3.05, 3.63) is 37.0 Å². The number of aldehydes is 1. The molecule has 0 radical (unpaired) electrons. The molecule has 0 rings (SSSR count). The molecular weight excluding hydrogens is 290 g/mol. The Balaban J connectivity index is 4.83. The van der Waals surface area contributed by atoms with Gasteiger partial charge >= 0.3 is 6.09 Å². The molecule has 0 heterocycles. The Kier molecular flexibility index (Phi) is 9.23. The van der Waals surface area contributed by atoms with Crippen LogP contribution in [0.25, 0.3) is 0 Å². The molecule has 0 aromatic heterocycles. The summed E-state index contributed by atoms with van der Waals surface area (Å²) in [5.74, 6) is 0.0455. The summed E-state index contributed by atoms with van der Waals surface area (Å²) in [5.41, 5.74) is 0.409. The Morgan fingerprint density at radius 2 is 1.87 bits per heavy atom. The fourth-order valence-electron chi connectivity index (χ4n) is 2.13. The molecule has 0 fully saturated rings. The van der Waals surface area contributed by atoms with Crippen molar-refractivity contribution in [3.8, 4) is 0 Å². The minimum atomic E-state index is -0.549. The van der Waals surface area contributed by atoms with E-state index < -0.39 is 11.7 Å². The van der Waals surface area contributed by atoms with Gasteiger partial charge in [-0.05, 0) is 39.5 Å². The second-order valence-corrected chi connectivity index (χ2v) is 7.00. The van der Waals surface area contributed by atoms with Gasteiger partial charge in [0.05, 0.1) is 0 Å². The van der Waals surface area contributed by atoms with Crippen molar-refractivity contribution in [2.45, 2.75) is 59.1 Å². The fraction of sp³-hybridized carbons (Fsp3) is 0.579. The molecule has 0 aliphatic heterocycles. The predicted molar refractivity (Wildman–Crippen MR) is 95.3 cm³/mol. The van der Waals surface area contributed by atoms with Crippen LogP contribution in [0.15, 0.2) is 37.0 Å². The summed E-state index contributed by atoms with van der Waals surface area (Å²) >= 11 is 0. The van der Waals surface area contributed by atoms with Gasteiger partial charge in [-0.25, -0.2) is 4.79 Å². The summed E-state index contributed by atoms with van der Waals surface area (Å²) < 4.78 is 5.30. The predicted octanol–water partition coefficient (Wildman–Crippen LogP) is 4.43. The summed E-state index contributed by atoms with van der Waals surface area (Å²) in [6.07, 6.45) is 7.15. The summed E-state index contributed by atoms with van der Waals surface area (Å²) in [6.45, 7) is 17.0. The molecule has 0 spiro atoms. The molecule has 1 amide bonds. The summed E-state index contributed by atoms with van der Waals surface area (Å²) in [7, 11) is 0. The Labute approximate surface area is 140 Å². The molecule has 0 aromatic rings. The summed E-state index contributed by atoms with van der Waals surface area (Å²) in [5, 5.41) is 2.88. The van der Waals surface area contributed by atoms with E-state index in [1.54, 1.807) is 6.08 Å². The molecule has 0 bridgehead atoms. The van der Waals surface area contributed by atoms with E-state index in [1.807, 2.05) is 46.8 Å². The van der Waals surface area contributed by atoms with E-state index >= 15 is 0 Å². The quantitative estimate of drug-likeness (QED) is 0.505. The highest BCUT2D eigenvalue weighted by Crippen LogP contribution is 2.20. The van der Waals surface area contributed by atoms with Crippen LogP contribution in [0.5, 0.6) is 0 Å². The highest BCUT2D eigenvalue weighted by Gasteiger charge is 2.22. The molecule has 0 saturated carbocycles. The highest BCUT2D eigenvalue weighted by molar-refractivity contribution is 5.68. The van der Waals surface area contributed by atoms with Crippen molar-refractivity contribution in [3.63, 3.8) is 0 Å². The van der Waals surface area contributed by atoms with Crippen molar-refractivity contribution in [1.82, 2.24) is 5.32 Å². The zero-order valence-electron chi connectivity index (χ0n) is 15.1. The number of rotatable bonds is 9. The van der Waals surface area contributed by atoms with E-state index in [1.165, 1.54) is 0 Å². The molecule has 0 aliphatic carbocycles. The minimum Gasteiger partial charge on any atom is -0.444 e. The Bertz CT molecular complexity index is 446. The molecule has 0 saturated heterocycles. The lowest BCUT2D eigenvalue weighted by molar-refractivity contribution is -0.111. The largest absolute Gasteiger partial charge is 0.444 e. The number of amides is 1. The number of alkyl carbamates (subject to hydrolysis) is 1. The maximum absolute atomic E-state index is 12.0. The molecule has 0 aromatic carbocycles. The van der Waals surface area contributed by atoms with Gasteiger partial charge in [-0.1, -0.05) is 50.8 Å². The Hall–Kier alpha value is -1.84. The third-order valence-electron chi connectivity index (χ3n) is 3.33. The van der Waals surface area contributed by atoms with Crippen LogP contribution >= 0.6 is 0 Å². The normalized spacial score (nSPS) is 15.5. The van der Waals surface area contributed by atoms with E-state index in [0.717, 1.165) is 11.9 Å². The topological polar surface area (TPSA) is 55.4 Å². The number of carbonyl (C=O) groups is 2. The van der Waals surface area contributed by atoms with Crippen molar-refractivity contribution in [2.24, 2.45) is 11.8 Å². The average Bonchev–Trinajstić information content (AvgIpc) is 2.41. The zero-order chi connectivity index (χ0) is 18.0. The smallest absolute Gasteiger partial charge is 0.407 e. The van der Waals surface area contributed by atoms with Crippen LogP contribution in [0.1, 0.15) is 47.5 Å². The average molecular weight is 321 g/mol. The monoisotopic (exact) mass is 321 g/mol. The SMILES string of the molecule is C=CC=CC(=C)C(C)CC(CC(C)C=O)NC(=O)OC(C)(C)C. The molecule has 23 heavy (non-hydrogen) atoms. The van der Waals surface area contributed by atoms with Crippen LogP contribution < -0.4 is 5.32 Å². The Morgan fingerprint density at radius 1 is 1.26 bits per heavy atom. The number of nitrogens with one attached hydrogen (secondary N) is 1. The first-order chi connectivity index (χ1) is 10.6. The van der Waals surface area contributed by atoms with Crippen LogP contribution in [0.3, 0.4) is 0 Å². The number of ether oxygens (including phenoxy) is 1. The van der Waals surface area contributed by atoms with Gasteiger partial charge in [-0.15, -0.1) is 0 Å². The maximum Gasteiger partial charge on any atom is 0.407 e. The van der Waals surface area contributed by atoms with E-state index in [4.69, 9.17) is 4.74 Å². The Morgan fingerprint density at radius 3 is 2.35 bits per heavy atom. The standard InChI is InChI=1S/C19H31NO3/c1-8-9-10-15(3)16(4)12-17(11-14(2)13-21)20-18(22)23-19(5,6)7/h8-10,13-14,16-17H,1,3,11-12H2,2,4-7H3,(H,20,22). The molecule has 4 nitrogen and oxygen atoms in total. The number of carbonyl (C=O) groups excluding carboxylic acids is 2. The summed E-state index contributed by atoms with van der Waals surface area (Å²) in [6, 6.07) is -0.145. The number of hydrogen-bond donors (Lipinski definition) is 1. The van der Waals surface area contributed by atoms with E-state index in [2.05, 4.69) is 18.5 Å². The lowest BCUT2D eigenvalue weighted by Crippen LogP contribution is -2.41. The zero-order valence-corrected chi connectivity index (χ0v) is 15.1. The minimum absolute atomic E-state index is 0.126. The van der Waals surface area contributed by atoms with Gasteiger partial charge in [0.1, 0.15) is 11.9 Å². The van der Waals surface area contributed by atoms with Crippen molar-refractivity contribution in [2.75, 3.05) is 0 Å². The summed E-state index contributed by atoms with van der Waals surface area (Å²) in [4.78, 5) is 22.9.